The first kappa shape index (κ1) is 29.6. The van der Waals surface area contributed by atoms with Gasteiger partial charge in [-0.15, -0.1) is 10.2 Å². The van der Waals surface area contributed by atoms with E-state index >= 15 is 0 Å². The summed E-state index contributed by atoms with van der Waals surface area (Å²) in [7, 11) is 0. The highest BCUT2D eigenvalue weighted by molar-refractivity contribution is 5.87. The fraction of sp³-hybridized carbons (Fsp3) is 0.382. The number of rotatable bonds is 8. The average Bonchev–Trinajstić information content (AvgIpc) is 3.53. The van der Waals surface area contributed by atoms with Gasteiger partial charge in [-0.2, -0.15) is 5.10 Å². The SMILES string of the molecule is CC(C)C(C(=O)O)c1cc(C2(C3=C(N4CCC(n5nc(N)c6nnc(-c7ccccc7O)cc65)CC4)C=CC=CN3)CCC2)no1. The summed E-state index contributed by atoms with van der Waals surface area (Å²) in [4.78, 5) is 14.4. The van der Waals surface area contributed by atoms with Crippen molar-refractivity contribution in [2.45, 2.75) is 63.3 Å². The summed E-state index contributed by atoms with van der Waals surface area (Å²) in [6.07, 6.45) is 12.6. The van der Waals surface area contributed by atoms with Gasteiger partial charge in [0.1, 0.15) is 11.7 Å². The molecule has 5 N–H and O–H groups in total. The van der Waals surface area contributed by atoms with Gasteiger partial charge in [-0.3, -0.25) is 9.48 Å². The van der Waals surface area contributed by atoms with Crippen molar-refractivity contribution in [3.8, 4) is 17.0 Å². The molecule has 0 radical (unpaired) electrons. The van der Waals surface area contributed by atoms with Crippen molar-refractivity contribution in [3.05, 3.63) is 83.7 Å². The fourth-order valence-corrected chi connectivity index (χ4v) is 7.11. The Kier molecular flexibility index (Phi) is 7.50. The van der Waals surface area contributed by atoms with Crippen LogP contribution in [0.15, 0.2) is 76.7 Å². The van der Waals surface area contributed by atoms with Crippen LogP contribution in [0.1, 0.15) is 69.4 Å². The average molecular weight is 623 g/mol. The summed E-state index contributed by atoms with van der Waals surface area (Å²) >= 11 is 0. The molecule has 238 valence electrons. The lowest BCUT2D eigenvalue weighted by Gasteiger charge is -2.45. The number of hydrogen-bond donors (Lipinski definition) is 4. The van der Waals surface area contributed by atoms with Crippen LogP contribution in [0.5, 0.6) is 5.75 Å². The number of benzene rings is 1. The number of nitrogens with two attached hydrogens (primary N) is 1. The second-order valence-corrected chi connectivity index (χ2v) is 12.8. The predicted molar refractivity (Wildman–Crippen MR) is 172 cm³/mol. The number of aromatic hydroxyl groups is 1. The number of anilines is 1. The van der Waals surface area contributed by atoms with Crippen LogP contribution < -0.4 is 11.1 Å². The second kappa shape index (κ2) is 11.7. The number of nitrogen functional groups attached to an aromatic ring is 1. The first-order valence-electron chi connectivity index (χ1n) is 15.9. The quantitative estimate of drug-likeness (QED) is 0.203. The van der Waals surface area contributed by atoms with E-state index in [1.165, 1.54) is 0 Å². The van der Waals surface area contributed by atoms with Crippen LogP contribution >= 0.6 is 0 Å². The normalized spacial score (nSPS) is 18.9. The van der Waals surface area contributed by atoms with Gasteiger partial charge in [0.2, 0.25) is 0 Å². The number of phenols is 1. The number of allylic oxidation sites excluding steroid dienone is 4. The Morgan fingerprint density at radius 2 is 1.91 bits per heavy atom. The summed E-state index contributed by atoms with van der Waals surface area (Å²) < 4.78 is 7.67. The first-order chi connectivity index (χ1) is 22.3. The van der Waals surface area contributed by atoms with E-state index in [1.807, 2.05) is 61.1 Å². The number of carbonyl (C=O) groups is 1. The molecule has 3 aromatic heterocycles. The smallest absolute Gasteiger partial charge is 0.314 e. The molecule has 46 heavy (non-hydrogen) atoms. The number of aromatic nitrogens is 5. The van der Waals surface area contributed by atoms with Crippen molar-refractivity contribution >= 4 is 22.8 Å². The number of para-hydroxylation sites is 1. The molecule has 1 atom stereocenters. The molecule has 4 aromatic rings. The van der Waals surface area contributed by atoms with Crippen molar-refractivity contribution in [1.82, 2.24) is 35.4 Å². The number of nitrogens with zero attached hydrogens (tertiary/aromatic N) is 6. The van der Waals surface area contributed by atoms with E-state index in [1.54, 1.807) is 12.1 Å². The lowest BCUT2D eigenvalue weighted by Crippen LogP contribution is -2.44. The number of hydrogen-bond acceptors (Lipinski definition) is 10. The summed E-state index contributed by atoms with van der Waals surface area (Å²) in [5.41, 5.74) is 11.3. The number of carboxylic acid groups (broad SMARTS) is 1. The topological polar surface area (TPSA) is 168 Å². The maximum Gasteiger partial charge on any atom is 0.314 e. The molecular formula is C34H38N8O4. The van der Waals surface area contributed by atoms with Gasteiger partial charge >= 0.3 is 5.97 Å². The minimum atomic E-state index is -0.908. The number of carboxylic acids is 1. The van der Waals surface area contributed by atoms with Crippen LogP contribution in [0.4, 0.5) is 5.82 Å². The van der Waals surface area contributed by atoms with Crippen molar-refractivity contribution in [2.24, 2.45) is 5.92 Å². The summed E-state index contributed by atoms with van der Waals surface area (Å²) in [6, 6.07) is 10.9. The molecule has 0 amide bonds. The molecular weight excluding hydrogens is 584 g/mol. The van der Waals surface area contributed by atoms with Crippen molar-refractivity contribution in [2.75, 3.05) is 18.8 Å². The van der Waals surface area contributed by atoms with E-state index in [9.17, 15) is 15.0 Å². The second-order valence-electron chi connectivity index (χ2n) is 12.8. The molecule has 12 nitrogen and oxygen atoms in total. The molecule has 0 bridgehead atoms. The van der Waals surface area contributed by atoms with Crippen LogP contribution in [0.3, 0.4) is 0 Å². The zero-order chi connectivity index (χ0) is 32.0. The van der Waals surface area contributed by atoms with Crippen LogP contribution in [0.25, 0.3) is 22.3 Å². The third-order valence-corrected chi connectivity index (χ3v) is 9.70. The summed E-state index contributed by atoms with van der Waals surface area (Å²) in [5.74, 6) is -0.912. The zero-order valence-corrected chi connectivity index (χ0v) is 25.9. The molecule has 1 saturated carbocycles. The van der Waals surface area contributed by atoms with Gasteiger partial charge in [-0.25, -0.2) is 0 Å². The third kappa shape index (κ3) is 4.97. The lowest BCUT2D eigenvalue weighted by atomic mass is 9.63. The van der Waals surface area contributed by atoms with Gasteiger partial charge in [0.25, 0.3) is 0 Å². The Labute approximate surface area is 266 Å². The van der Waals surface area contributed by atoms with Crippen LogP contribution in [0, 0.1) is 5.92 Å². The van der Waals surface area contributed by atoms with E-state index in [2.05, 4.69) is 36.7 Å². The van der Waals surface area contributed by atoms with E-state index in [-0.39, 0.29) is 17.7 Å². The van der Waals surface area contributed by atoms with E-state index < -0.39 is 17.3 Å². The molecule has 12 heteroatoms. The highest BCUT2D eigenvalue weighted by Crippen LogP contribution is 2.50. The van der Waals surface area contributed by atoms with Gasteiger partial charge in [-0.1, -0.05) is 43.6 Å². The van der Waals surface area contributed by atoms with Crippen LogP contribution in [-0.2, 0) is 10.2 Å². The number of phenolic OH excluding ortho intramolecular Hbond substituents is 1. The van der Waals surface area contributed by atoms with Gasteiger partial charge in [-0.05, 0) is 62.0 Å². The van der Waals surface area contributed by atoms with E-state index in [4.69, 9.17) is 10.3 Å². The van der Waals surface area contributed by atoms with Gasteiger partial charge in [0.15, 0.2) is 17.1 Å². The molecule has 2 aliphatic heterocycles. The minimum Gasteiger partial charge on any atom is -0.507 e. The molecule has 5 heterocycles. The minimum absolute atomic E-state index is 0.0992. The Morgan fingerprint density at radius 1 is 1.13 bits per heavy atom. The van der Waals surface area contributed by atoms with Gasteiger partial charge in [0.05, 0.1) is 39.8 Å². The van der Waals surface area contributed by atoms with Crippen molar-refractivity contribution in [1.29, 1.82) is 0 Å². The maximum atomic E-state index is 12.0. The Morgan fingerprint density at radius 3 is 2.61 bits per heavy atom. The number of fused-ring (bicyclic) bond motifs is 1. The molecule has 0 spiro atoms. The van der Waals surface area contributed by atoms with E-state index in [0.717, 1.165) is 67.8 Å². The standard InChI is InChI=1S/C34H38N8O4/c1-20(2)29(33(44)45)27-19-28(40-46-27)34(13-7-14-34)31-24(9-5-6-15-36-31)41-16-11-21(12-17-41)42-25-18-23(22-8-3-4-10-26(22)43)37-38-30(25)32(35)39-42/h3-6,8-10,15,18-21,29,36,43H,7,11-14,16-17H2,1-2H3,(H2,35,39)(H,44,45). The third-order valence-electron chi connectivity index (χ3n) is 9.70. The van der Waals surface area contributed by atoms with Crippen molar-refractivity contribution in [3.63, 3.8) is 0 Å². The number of nitrogens with one attached hydrogen (secondary N) is 1. The van der Waals surface area contributed by atoms with Crippen molar-refractivity contribution < 1.29 is 19.5 Å². The first-order valence-corrected chi connectivity index (χ1v) is 15.9. The fourth-order valence-electron chi connectivity index (χ4n) is 7.11. The lowest BCUT2D eigenvalue weighted by molar-refractivity contribution is -0.140. The molecule has 1 aromatic carbocycles. The highest BCUT2D eigenvalue weighted by Gasteiger charge is 2.47. The molecule has 1 saturated heterocycles. The van der Waals surface area contributed by atoms with E-state index in [0.29, 0.717) is 28.4 Å². The Balaban J connectivity index is 1.18. The van der Waals surface area contributed by atoms with Crippen LogP contribution in [0.2, 0.25) is 0 Å². The maximum absolute atomic E-state index is 12.0. The number of likely N-dealkylation sites (tertiary alicyclic amines) is 1. The number of aliphatic carboxylic acids is 1. The largest absolute Gasteiger partial charge is 0.507 e. The Hall–Kier alpha value is -5.13. The summed E-state index contributed by atoms with van der Waals surface area (Å²) in [5, 5.41) is 41.7. The molecule has 1 aliphatic carbocycles. The molecule has 1 unspecified atom stereocenters. The molecule has 7 rings (SSSR count). The molecule has 2 fully saturated rings. The zero-order valence-electron chi connectivity index (χ0n) is 25.9. The van der Waals surface area contributed by atoms with Gasteiger partial charge < -0.3 is 30.7 Å². The predicted octanol–water partition coefficient (Wildman–Crippen LogP) is 5.24. The number of piperidine rings is 1. The monoisotopic (exact) mass is 622 g/mol. The Bertz CT molecular complexity index is 1870. The highest BCUT2D eigenvalue weighted by atomic mass is 16.5. The molecule has 3 aliphatic rings. The van der Waals surface area contributed by atoms with Gasteiger partial charge in [0, 0.05) is 30.9 Å². The van der Waals surface area contributed by atoms with Crippen LogP contribution in [-0.4, -0.2) is 59.3 Å². The summed E-state index contributed by atoms with van der Waals surface area (Å²) in [6.45, 7) is 5.34.